The van der Waals surface area contributed by atoms with E-state index in [9.17, 15) is 0 Å². The molecule has 1 heterocycles. The predicted octanol–water partition coefficient (Wildman–Crippen LogP) is 3.78. The molecule has 4 nitrogen and oxygen atoms in total. The zero-order chi connectivity index (χ0) is 14.4. The minimum atomic E-state index is 0.213. The summed E-state index contributed by atoms with van der Waals surface area (Å²) in [6.45, 7) is 7.23. The molecule has 0 aliphatic heterocycles. The number of aryl methyl sites for hydroxylation is 1. The first-order valence-electron chi connectivity index (χ1n) is 7.09. The molecule has 0 saturated carbocycles. The highest BCUT2D eigenvalue weighted by atomic mass is 15.1. The summed E-state index contributed by atoms with van der Waals surface area (Å²) in [5, 5.41) is 6.60. The summed E-state index contributed by atoms with van der Waals surface area (Å²) in [7, 11) is 0. The van der Waals surface area contributed by atoms with Gasteiger partial charge in [-0.3, -0.25) is 0 Å². The third-order valence-electron chi connectivity index (χ3n) is 3.13. The normalized spacial score (nSPS) is 11.9. The fraction of sp³-hybridized carbons (Fsp3) is 0.375. The zero-order valence-corrected chi connectivity index (χ0v) is 12.4. The lowest BCUT2D eigenvalue weighted by Crippen LogP contribution is -2.10. The highest BCUT2D eigenvalue weighted by Gasteiger charge is 2.06. The van der Waals surface area contributed by atoms with Crippen molar-refractivity contribution in [3.63, 3.8) is 0 Å². The van der Waals surface area contributed by atoms with Crippen molar-refractivity contribution in [3.8, 4) is 0 Å². The van der Waals surface area contributed by atoms with Crippen molar-refractivity contribution < 1.29 is 0 Å². The lowest BCUT2D eigenvalue weighted by atomic mass is 10.1. The van der Waals surface area contributed by atoms with Gasteiger partial charge in [0.05, 0.1) is 0 Å². The summed E-state index contributed by atoms with van der Waals surface area (Å²) in [5.74, 6) is 1.51. The summed E-state index contributed by atoms with van der Waals surface area (Å²) in [4.78, 5) is 8.67. The Kier molecular flexibility index (Phi) is 4.93. The molecule has 106 valence electrons. The third-order valence-corrected chi connectivity index (χ3v) is 3.13. The molecule has 4 heteroatoms. The maximum Gasteiger partial charge on any atom is 0.224 e. The Hall–Kier alpha value is -2.10. The number of benzene rings is 1. The van der Waals surface area contributed by atoms with Crippen LogP contribution in [0.25, 0.3) is 0 Å². The summed E-state index contributed by atoms with van der Waals surface area (Å²) in [6.07, 6.45) is 2.83. The SMILES string of the molecule is CCCNc1nccc(NC(C)c2ccc(C)cc2)n1. The Bertz CT molecular complexity index is 536. The van der Waals surface area contributed by atoms with Gasteiger partial charge in [-0.15, -0.1) is 0 Å². The molecule has 2 aromatic rings. The van der Waals surface area contributed by atoms with Crippen LogP contribution in [0.15, 0.2) is 36.5 Å². The molecule has 0 aliphatic carbocycles. The van der Waals surface area contributed by atoms with E-state index in [-0.39, 0.29) is 6.04 Å². The molecule has 0 saturated heterocycles. The summed E-state index contributed by atoms with van der Waals surface area (Å²) >= 11 is 0. The van der Waals surface area contributed by atoms with Crippen LogP contribution < -0.4 is 10.6 Å². The molecule has 1 atom stereocenters. The van der Waals surface area contributed by atoms with Crippen LogP contribution in [-0.2, 0) is 0 Å². The molecule has 2 rings (SSSR count). The second kappa shape index (κ2) is 6.89. The minimum absolute atomic E-state index is 0.213. The zero-order valence-electron chi connectivity index (χ0n) is 12.4. The van der Waals surface area contributed by atoms with Crippen molar-refractivity contribution in [3.05, 3.63) is 47.7 Å². The molecule has 0 bridgehead atoms. The summed E-state index contributed by atoms with van der Waals surface area (Å²) < 4.78 is 0. The monoisotopic (exact) mass is 270 g/mol. The van der Waals surface area contributed by atoms with Crippen LogP contribution in [0, 0.1) is 6.92 Å². The van der Waals surface area contributed by atoms with Crippen molar-refractivity contribution in [2.45, 2.75) is 33.2 Å². The lowest BCUT2D eigenvalue weighted by molar-refractivity contribution is 0.869. The molecule has 1 aromatic carbocycles. The van der Waals surface area contributed by atoms with E-state index in [2.05, 4.69) is 65.6 Å². The molecule has 0 fully saturated rings. The van der Waals surface area contributed by atoms with E-state index in [4.69, 9.17) is 0 Å². The topological polar surface area (TPSA) is 49.8 Å². The van der Waals surface area contributed by atoms with Crippen LogP contribution >= 0.6 is 0 Å². The third kappa shape index (κ3) is 3.95. The Labute approximate surface area is 120 Å². The van der Waals surface area contributed by atoms with Gasteiger partial charge in [0.25, 0.3) is 0 Å². The molecule has 2 N–H and O–H groups in total. The van der Waals surface area contributed by atoms with Gasteiger partial charge < -0.3 is 10.6 Å². The van der Waals surface area contributed by atoms with Gasteiger partial charge in [-0.25, -0.2) is 4.98 Å². The standard InChI is InChI=1S/C16H22N4/c1-4-10-17-16-18-11-9-15(20-16)19-13(3)14-7-5-12(2)6-8-14/h5-9,11,13H,4,10H2,1-3H3,(H2,17,18,19,20). The first kappa shape index (κ1) is 14.3. The van der Waals surface area contributed by atoms with E-state index in [1.54, 1.807) is 6.20 Å². The molecule has 0 amide bonds. The van der Waals surface area contributed by atoms with E-state index >= 15 is 0 Å². The Morgan fingerprint density at radius 3 is 2.60 bits per heavy atom. The summed E-state index contributed by atoms with van der Waals surface area (Å²) in [5.41, 5.74) is 2.52. The molecule has 20 heavy (non-hydrogen) atoms. The smallest absolute Gasteiger partial charge is 0.224 e. The number of hydrogen-bond acceptors (Lipinski definition) is 4. The molecular formula is C16H22N4. The largest absolute Gasteiger partial charge is 0.363 e. The predicted molar refractivity (Wildman–Crippen MR) is 84.0 cm³/mol. The van der Waals surface area contributed by atoms with Crippen LogP contribution in [-0.4, -0.2) is 16.5 Å². The highest BCUT2D eigenvalue weighted by Crippen LogP contribution is 2.18. The number of hydrogen-bond donors (Lipinski definition) is 2. The van der Waals surface area contributed by atoms with Gasteiger partial charge in [0.2, 0.25) is 5.95 Å². The van der Waals surface area contributed by atoms with Gasteiger partial charge >= 0.3 is 0 Å². The highest BCUT2D eigenvalue weighted by molar-refractivity contribution is 5.42. The van der Waals surface area contributed by atoms with E-state index < -0.39 is 0 Å². The van der Waals surface area contributed by atoms with Gasteiger partial charge in [0.1, 0.15) is 5.82 Å². The van der Waals surface area contributed by atoms with Crippen molar-refractivity contribution in [2.75, 3.05) is 17.2 Å². The molecule has 1 aromatic heterocycles. The molecule has 0 spiro atoms. The van der Waals surface area contributed by atoms with Crippen molar-refractivity contribution in [1.29, 1.82) is 0 Å². The van der Waals surface area contributed by atoms with Gasteiger partial charge in [0, 0.05) is 18.8 Å². The number of rotatable bonds is 6. The van der Waals surface area contributed by atoms with Gasteiger partial charge in [0.15, 0.2) is 0 Å². The second-order valence-corrected chi connectivity index (χ2v) is 4.97. The lowest BCUT2D eigenvalue weighted by Gasteiger charge is -2.15. The van der Waals surface area contributed by atoms with E-state index in [1.807, 2.05) is 6.07 Å². The Morgan fingerprint density at radius 1 is 1.15 bits per heavy atom. The van der Waals surface area contributed by atoms with E-state index in [1.165, 1.54) is 11.1 Å². The van der Waals surface area contributed by atoms with Crippen LogP contribution in [0.1, 0.15) is 37.4 Å². The maximum atomic E-state index is 4.46. The van der Waals surface area contributed by atoms with Crippen LogP contribution in [0.2, 0.25) is 0 Å². The fourth-order valence-electron chi connectivity index (χ4n) is 1.92. The molecule has 1 unspecified atom stereocenters. The summed E-state index contributed by atoms with van der Waals surface area (Å²) in [6, 6.07) is 10.6. The van der Waals surface area contributed by atoms with Crippen molar-refractivity contribution in [2.24, 2.45) is 0 Å². The van der Waals surface area contributed by atoms with Crippen LogP contribution in [0.3, 0.4) is 0 Å². The van der Waals surface area contributed by atoms with Crippen molar-refractivity contribution >= 4 is 11.8 Å². The first-order valence-corrected chi connectivity index (χ1v) is 7.09. The minimum Gasteiger partial charge on any atom is -0.363 e. The van der Waals surface area contributed by atoms with Crippen LogP contribution in [0.5, 0.6) is 0 Å². The Balaban J connectivity index is 2.03. The average Bonchev–Trinajstić information content (AvgIpc) is 2.46. The van der Waals surface area contributed by atoms with Crippen LogP contribution in [0.4, 0.5) is 11.8 Å². The molecule has 0 radical (unpaired) electrons. The van der Waals surface area contributed by atoms with E-state index in [0.717, 1.165) is 18.8 Å². The van der Waals surface area contributed by atoms with Gasteiger partial charge in [-0.1, -0.05) is 36.8 Å². The van der Waals surface area contributed by atoms with Gasteiger partial charge in [-0.2, -0.15) is 4.98 Å². The van der Waals surface area contributed by atoms with E-state index in [0.29, 0.717) is 5.95 Å². The molecular weight excluding hydrogens is 248 g/mol. The average molecular weight is 270 g/mol. The fourth-order valence-corrected chi connectivity index (χ4v) is 1.92. The number of nitrogens with one attached hydrogen (secondary N) is 2. The number of aromatic nitrogens is 2. The number of nitrogens with zero attached hydrogens (tertiary/aromatic N) is 2. The number of anilines is 2. The van der Waals surface area contributed by atoms with Gasteiger partial charge in [-0.05, 0) is 31.9 Å². The first-order chi connectivity index (χ1) is 9.69. The second-order valence-electron chi connectivity index (χ2n) is 4.97. The maximum absolute atomic E-state index is 4.46. The molecule has 0 aliphatic rings. The quantitative estimate of drug-likeness (QED) is 0.838. The van der Waals surface area contributed by atoms with Crippen molar-refractivity contribution in [1.82, 2.24) is 9.97 Å². The Morgan fingerprint density at radius 2 is 1.90 bits per heavy atom.